The first-order valence-electron chi connectivity index (χ1n) is 17.2. The molecule has 4 amide bonds. The Bertz CT molecular complexity index is 2040. The Morgan fingerprint density at radius 1 is 1.14 bits per heavy atom. The van der Waals surface area contributed by atoms with Crippen LogP contribution in [-0.2, 0) is 19.6 Å². The second-order valence-electron chi connectivity index (χ2n) is 13.9. The molecule has 2 aromatic carbocycles. The summed E-state index contributed by atoms with van der Waals surface area (Å²) in [5.74, 6) is -1.19. The number of halogens is 1. The molecule has 15 heteroatoms. The van der Waals surface area contributed by atoms with Crippen LogP contribution in [0.15, 0.2) is 48.6 Å². The van der Waals surface area contributed by atoms with Crippen molar-refractivity contribution in [3.63, 3.8) is 0 Å². The Hall–Kier alpha value is -4.79. The zero-order valence-electron chi connectivity index (χ0n) is 28.7. The van der Waals surface area contributed by atoms with Crippen LogP contribution in [0.1, 0.15) is 50.5 Å². The molecule has 7 rings (SSSR count). The first-order chi connectivity index (χ1) is 24.4. The number of sulfonamides is 1. The minimum Gasteiger partial charge on any atom is -0.496 e. The third-order valence-electron chi connectivity index (χ3n) is 10.2. The molecule has 2 aliphatic heterocycles. The highest BCUT2D eigenvalue weighted by molar-refractivity contribution is 7.91. The van der Waals surface area contributed by atoms with Gasteiger partial charge in [0.05, 0.1) is 29.8 Å². The predicted octanol–water partition coefficient (Wildman–Crippen LogP) is 3.85. The maximum absolute atomic E-state index is 14.3. The van der Waals surface area contributed by atoms with Crippen LogP contribution in [0.2, 0.25) is 0 Å². The van der Waals surface area contributed by atoms with E-state index in [1.54, 1.807) is 43.3 Å². The summed E-state index contributed by atoms with van der Waals surface area (Å²) < 4.78 is 54.0. The number of nitrogens with zero attached hydrogens (tertiary/aromatic N) is 4. The van der Waals surface area contributed by atoms with Gasteiger partial charge in [-0.2, -0.15) is 4.98 Å². The summed E-state index contributed by atoms with van der Waals surface area (Å²) in [6.07, 6.45) is 6.63. The number of hydrogen-bond acceptors (Lipinski definition) is 9. The highest BCUT2D eigenvalue weighted by atomic mass is 32.2. The largest absolute Gasteiger partial charge is 0.496 e. The Morgan fingerprint density at radius 3 is 2.69 bits per heavy atom. The fraction of sp³-hybridized carbons (Fsp3) is 0.472. The number of carbonyl (C=O) groups is 3. The Labute approximate surface area is 295 Å². The number of aryl methyl sites for hydroxylation is 1. The number of ether oxygens (including phenoxy) is 2. The van der Waals surface area contributed by atoms with Crippen LogP contribution in [0.5, 0.6) is 11.6 Å². The fourth-order valence-electron chi connectivity index (χ4n) is 7.01. The topological polar surface area (TPSA) is 160 Å². The van der Waals surface area contributed by atoms with E-state index in [-0.39, 0.29) is 37.1 Å². The van der Waals surface area contributed by atoms with Gasteiger partial charge in [-0.3, -0.25) is 14.3 Å². The molecule has 1 aromatic heterocycles. The van der Waals surface area contributed by atoms with Crippen molar-refractivity contribution in [2.75, 3.05) is 27.2 Å². The minimum atomic E-state index is -3.86. The lowest BCUT2D eigenvalue weighted by Gasteiger charge is -2.30. The number of amides is 4. The number of carbonyl (C=O) groups excluding carboxylic acids is 3. The van der Waals surface area contributed by atoms with Gasteiger partial charge in [-0.1, -0.05) is 24.3 Å². The smallest absolute Gasteiger partial charge is 0.320 e. The molecule has 51 heavy (non-hydrogen) atoms. The van der Waals surface area contributed by atoms with Gasteiger partial charge in [0.1, 0.15) is 29.3 Å². The molecule has 4 aliphatic rings. The van der Waals surface area contributed by atoms with Crippen LogP contribution in [0.25, 0.3) is 22.3 Å². The monoisotopic (exact) mass is 720 g/mol. The maximum Gasteiger partial charge on any atom is 0.320 e. The van der Waals surface area contributed by atoms with E-state index in [1.807, 2.05) is 19.1 Å². The normalized spacial score (nSPS) is 26.1. The molecule has 2 aliphatic carbocycles. The molecule has 3 heterocycles. The van der Waals surface area contributed by atoms with Gasteiger partial charge in [-0.15, -0.1) is 0 Å². The van der Waals surface area contributed by atoms with Gasteiger partial charge in [0.25, 0.3) is 5.91 Å². The van der Waals surface area contributed by atoms with Crippen molar-refractivity contribution < 1.29 is 36.7 Å². The van der Waals surface area contributed by atoms with Gasteiger partial charge in [-0.25, -0.2) is 22.6 Å². The summed E-state index contributed by atoms with van der Waals surface area (Å²) in [6, 6.07) is 8.04. The minimum absolute atomic E-state index is 0.0375. The van der Waals surface area contributed by atoms with Gasteiger partial charge in [-0.05, 0) is 69.7 Å². The van der Waals surface area contributed by atoms with Crippen LogP contribution in [0.3, 0.4) is 0 Å². The lowest BCUT2D eigenvalue weighted by atomic mass is 10.1. The van der Waals surface area contributed by atoms with Crippen LogP contribution in [0, 0.1) is 18.7 Å². The molecule has 2 N–H and O–H groups in total. The summed E-state index contributed by atoms with van der Waals surface area (Å²) >= 11 is 0. The lowest BCUT2D eigenvalue weighted by Crippen LogP contribution is -2.57. The molecule has 3 aromatic rings. The average Bonchev–Trinajstić information content (AvgIpc) is 4.03. The summed E-state index contributed by atoms with van der Waals surface area (Å²) in [7, 11) is -0.627. The SMILES string of the molecule is COc1ccc2c(O[C@@H]3C[C@H]4C(=O)N[C@]5(C(=O)NS(=O)(=O)C6CC6)C[C@@H]5/C=C\CCCCN(C)C(=O)N4C3)nc(-c3cccc(F)c3)nc2c1C. The molecule has 3 fully saturated rings. The molecule has 4 atom stereocenters. The quantitative estimate of drug-likeness (QED) is 0.346. The fourth-order valence-corrected chi connectivity index (χ4v) is 8.37. The molecule has 0 unspecified atom stereocenters. The summed E-state index contributed by atoms with van der Waals surface area (Å²) in [6.45, 7) is 2.36. The maximum atomic E-state index is 14.3. The first kappa shape index (κ1) is 34.6. The average molecular weight is 721 g/mol. The van der Waals surface area contributed by atoms with Gasteiger partial charge < -0.3 is 24.6 Å². The molecule has 1 saturated heterocycles. The van der Waals surface area contributed by atoms with E-state index >= 15 is 0 Å². The van der Waals surface area contributed by atoms with Crippen LogP contribution >= 0.6 is 0 Å². The lowest BCUT2D eigenvalue weighted by molar-refractivity contribution is -0.131. The number of nitrogens with one attached hydrogen (secondary N) is 2. The molecular formula is C36H41FN6O7S. The van der Waals surface area contributed by atoms with Crippen LogP contribution < -0.4 is 19.5 Å². The second-order valence-corrected chi connectivity index (χ2v) is 15.8. The predicted molar refractivity (Wildman–Crippen MR) is 186 cm³/mol. The van der Waals surface area contributed by atoms with E-state index in [2.05, 4.69) is 15.0 Å². The van der Waals surface area contributed by atoms with E-state index in [0.717, 1.165) is 18.4 Å². The van der Waals surface area contributed by atoms with E-state index in [1.165, 1.54) is 17.0 Å². The van der Waals surface area contributed by atoms with Crippen molar-refractivity contribution >= 4 is 38.8 Å². The van der Waals surface area contributed by atoms with Crippen molar-refractivity contribution in [1.29, 1.82) is 0 Å². The molecular weight excluding hydrogens is 679 g/mol. The van der Waals surface area contributed by atoms with Gasteiger partial charge in [0.15, 0.2) is 5.82 Å². The summed E-state index contributed by atoms with van der Waals surface area (Å²) in [4.78, 5) is 54.1. The highest BCUT2D eigenvalue weighted by Crippen LogP contribution is 2.46. The zero-order valence-corrected chi connectivity index (χ0v) is 29.5. The van der Waals surface area contributed by atoms with Crippen molar-refractivity contribution in [1.82, 2.24) is 29.8 Å². The van der Waals surface area contributed by atoms with Crippen molar-refractivity contribution in [3.8, 4) is 23.0 Å². The highest BCUT2D eigenvalue weighted by Gasteiger charge is 2.62. The number of urea groups is 1. The number of rotatable bonds is 7. The Balaban J connectivity index is 1.21. The van der Waals surface area contributed by atoms with E-state index in [0.29, 0.717) is 48.0 Å². The van der Waals surface area contributed by atoms with E-state index < -0.39 is 56.5 Å². The zero-order chi connectivity index (χ0) is 36.1. The van der Waals surface area contributed by atoms with Crippen molar-refractivity contribution in [2.24, 2.45) is 5.92 Å². The molecule has 13 nitrogen and oxygen atoms in total. The third-order valence-corrected chi connectivity index (χ3v) is 12.0. The molecule has 0 spiro atoms. The van der Waals surface area contributed by atoms with Crippen molar-refractivity contribution in [3.05, 3.63) is 59.9 Å². The van der Waals surface area contributed by atoms with Crippen molar-refractivity contribution in [2.45, 2.75) is 74.8 Å². The Morgan fingerprint density at radius 2 is 1.94 bits per heavy atom. The standard InChI is InChI=1S/C36H41FN6O7S/c1-21-29(49-3)15-14-27-30(21)38-31(22-9-8-11-24(37)17-22)39-33(27)50-25-18-28-32(44)40-36(34(45)41-51(47,48)26-12-13-26)19-23(36)10-6-4-5-7-16-42(2)35(46)43(28)20-25/h6,8-11,14-15,17,23,25-26,28H,4-5,7,12-13,16,18-20H2,1-3H3,(H,40,44)(H,41,45)/b10-6-/t23-,25+,28-,36+/m0/s1. The van der Waals surface area contributed by atoms with E-state index in [9.17, 15) is 27.2 Å². The number of hydrogen-bond donors (Lipinski definition) is 2. The first-order valence-corrected chi connectivity index (χ1v) is 18.8. The third kappa shape index (κ3) is 6.83. The van der Waals surface area contributed by atoms with Crippen LogP contribution in [-0.4, -0.2) is 96.2 Å². The number of methoxy groups -OCH3 is 1. The second kappa shape index (κ2) is 13.4. The van der Waals surface area contributed by atoms with Crippen LogP contribution in [0.4, 0.5) is 9.18 Å². The number of allylic oxidation sites excluding steroid dienone is 1. The Kier molecular flexibility index (Phi) is 9.10. The van der Waals surface area contributed by atoms with Gasteiger partial charge in [0.2, 0.25) is 21.8 Å². The number of fused-ring (bicyclic) bond motifs is 3. The molecule has 0 bridgehead atoms. The molecule has 270 valence electrons. The summed E-state index contributed by atoms with van der Waals surface area (Å²) in [5.41, 5.74) is 0.230. The van der Waals surface area contributed by atoms with Gasteiger partial charge >= 0.3 is 6.03 Å². The summed E-state index contributed by atoms with van der Waals surface area (Å²) in [5, 5.41) is 2.82. The van der Waals surface area contributed by atoms with Gasteiger partial charge in [0, 0.05) is 37.1 Å². The molecule has 0 radical (unpaired) electrons. The number of aromatic nitrogens is 2. The molecule has 2 saturated carbocycles. The van der Waals surface area contributed by atoms with E-state index in [4.69, 9.17) is 14.5 Å². The number of benzene rings is 2.